The lowest BCUT2D eigenvalue weighted by molar-refractivity contribution is -0.142. The van der Waals surface area contributed by atoms with Gasteiger partial charge in [0.15, 0.2) is 0 Å². The molecular weight excluding hydrogens is 398 g/mol. The molecule has 0 rings (SSSR count). The third kappa shape index (κ3) is 20.9. The number of carboxylic acids is 1. The van der Waals surface area contributed by atoms with Gasteiger partial charge in [0, 0.05) is 6.42 Å². The van der Waals surface area contributed by atoms with Gasteiger partial charge in [0.05, 0.1) is 0 Å². The molecule has 0 spiro atoms. The second-order valence-electron chi connectivity index (χ2n) is 8.40. The minimum Gasteiger partial charge on any atom is -0.480 e. The molecule has 0 aliphatic heterocycles. The van der Waals surface area contributed by atoms with E-state index in [1.165, 1.54) is 0 Å². The van der Waals surface area contributed by atoms with Crippen LogP contribution in [-0.4, -0.2) is 23.0 Å². The maximum Gasteiger partial charge on any atom is 0.326 e. The van der Waals surface area contributed by atoms with Crippen molar-refractivity contribution in [2.45, 2.75) is 97.4 Å². The molecule has 0 aromatic heterocycles. The molecule has 180 valence electrons. The highest BCUT2D eigenvalue weighted by Crippen LogP contribution is 2.08. The van der Waals surface area contributed by atoms with E-state index in [-0.39, 0.29) is 11.8 Å². The predicted octanol–water partition coefficient (Wildman–Crippen LogP) is 7.30. The average molecular weight is 444 g/mol. The van der Waals surface area contributed by atoms with Gasteiger partial charge in [-0.15, -0.1) is 0 Å². The van der Waals surface area contributed by atoms with Gasteiger partial charge in [-0.2, -0.15) is 0 Å². The van der Waals surface area contributed by atoms with Gasteiger partial charge in [-0.3, -0.25) is 4.79 Å². The van der Waals surface area contributed by atoms with Crippen molar-refractivity contribution in [2.75, 3.05) is 0 Å². The second kappa shape index (κ2) is 21.9. The van der Waals surface area contributed by atoms with E-state index in [0.29, 0.717) is 12.8 Å². The molecule has 0 aliphatic carbocycles. The molecular formula is C28H45NO3. The minimum absolute atomic E-state index is 0.159. The van der Waals surface area contributed by atoms with Gasteiger partial charge in [-0.25, -0.2) is 4.79 Å². The number of hydrogen-bond donors (Lipinski definition) is 2. The van der Waals surface area contributed by atoms with Gasteiger partial charge < -0.3 is 10.4 Å². The van der Waals surface area contributed by atoms with Crippen molar-refractivity contribution in [2.24, 2.45) is 5.92 Å². The molecule has 1 atom stereocenters. The molecule has 1 amide bonds. The fourth-order valence-electron chi connectivity index (χ4n) is 3.05. The highest BCUT2D eigenvalue weighted by atomic mass is 16.4. The largest absolute Gasteiger partial charge is 0.480 e. The molecule has 0 bridgehead atoms. The SMILES string of the molecule is CC/C=C/C/C=C/C/C=C/C/C=C/C/C=C/CCCCCC(=O)N[C@@H](CC(C)C)C(=O)O. The first-order chi connectivity index (χ1) is 15.5. The van der Waals surface area contributed by atoms with E-state index in [9.17, 15) is 14.7 Å². The van der Waals surface area contributed by atoms with Crippen LogP contribution in [0.5, 0.6) is 0 Å². The molecule has 0 saturated heterocycles. The standard InChI is InChI=1S/C28H45NO3/c1-4-5-6-7-8-9-10-11-12-13-14-15-16-17-18-19-20-21-22-23-27(30)29-26(28(31)32)24-25(2)3/h5-6,8-9,11-12,14-15,17-18,25-26H,4,7,10,13,16,19-24H2,1-3H3,(H,29,30)(H,31,32)/b6-5+,9-8+,12-11+,15-14+,18-17+/t26-/m0/s1. The minimum atomic E-state index is -0.953. The fraction of sp³-hybridized carbons (Fsp3) is 0.571. The summed E-state index contributed by atoms with van der Waals surface area (Å²) < 4.78 is 0. The number of allylic oxidation sites excluding steroid dienone is 10. The molecule has 0 unspecified atom stereocenters. The van der Waals surface area contributed by atoms with Crippen molar-refractivity contribution >= 4 is 11.9 Å². The number of aliphatic carboxylic acids is 1. The highest BCUT2D eigenvalue weighted by Gasteiger charge is 2.20. The molecule has 4 nitrogen and oxygen atoms in total. The topological polar surface area (TPSA) is 66.4 Å². The predicted molar refractivity (Wildman–Crippen MR) is 137 cm³/mol. The van der Waals surface area contributed by atoms with Crippen molar-refractivity contribution in [1.82, 2.24) is 5.32 Å². The molecule has 0 aromatic carbocycles. The number of carboxylic acid groups (broad SMARTS) is 1. The maximum atomic E-state index is 11.9. The first kappa shape index (κ1) is 29.6. The van der Waals surface area contributed by atoms with E-state index in [1.54, 1.807) is 0 Å². The summed E-state index contributed by atoms with van der Waals surface area (Å²) in [5, 5.41) is 11.8. The normalized spacial score (nSPS) is 13.5. The van der Waals surface area contributed by atoms with Gasteiger partial charge in [-0.1, -0.05) is 88.0 Å². The van der Waals surface area contributed by atoms with E-state index in [4.69, 9.17) is 0 Å². The van der Waals surface area contributed by atoms with Gasteiger partial charge in [0.1, 0.15) is 6.04 Å². The second-order valence-corrected chi connectivity index (χ2v) is 8.40. The Morgan fingerprint density at radius 2 is 1.25 bits per heavy atom. The summed E-state index contributed by atoms with van der Waals surface area (Å²) in [6.07, 6.45) is 31.7. The Kier molecular flexibility index (Phi) is 20.2. The van der Waals surface area contributed by atoms with Gasteiger partial charge in [-0.05, 0) is 63.7 Å². The number of nitrogens with one attached hydrogen (secondary N) is 1. The van der Waals surface area contributed by atoms with Crippen LogP contribution in [0.15, 0.2) is 60.8 Å². The summed E-state index contributed by atoms with van der Waals surface area (Å²) in [7, 11) is 0. The number of amides is 1. The van der Waals surface area contributed by atoms with Crippen molar-refractivity contribution in [1.29, 1.82) is 0 Å². The van der Waals surface area contributed by atoms with E-state index in [0.717, 1.165) is 57.8 Å². The van der Waals surface area contributed by atoms with E-state index < -0.39 is 12.0 Å². The van der Waals surface area contributed by atoms with Crippen molar-refractivity contribution in [3.05, 3.63) is 60.8 Å². The lowest BCUT2D eigenvalue weighted by atomic mass is 10.0. The molecule has 2 N–H and O–H groups in total. The van der Waals surface area contributed by atoms with E-state index in [2.05, 4.69) is 73.0 Å². The first-order valence-electron chi connectivity index (χ1n) is 12.2. The summed E-state index contributed by atoms with van der Waals surface area (Å²) in [6, 6.07) is -0.774. The average Bonchev–Trinajstić information content (AvgIpc) is 2.74. The van der Waals surface area contributed by atoms with Gasteiger partial charge in [0.25, 0.3) is 0 Å². The summed E-state index contributed by atoms with van der Waals surface area (Å²) >= 11 is 0. The Labute approximate surface area is 196 Å². The third-order valence-corrected chi connectivity index (χ3v) is 4.77. The zero-order valence-corrected chi connectivity index (χ0v) is 20.5. The van der Waals surface area contributed by atoms with Gasteiger partial charge >= 0.3 is 5.97 Å². The van der Waals surface area contributed by atoms with Crippen LogP contribution >= 0.6 is 0 Å². The maximum absolute atomic E-state index is 11.9. The number of carbonyl (C=O) groups excluding carboxylic acids is 1. The molecule has 0 fully saturated rings. The van der Waals surface area contributed by atoms with Crippen molar-refractivity contribution < 1.29 is 14.7 Å². The molecule has 0 radical (unpaired) electrons. The van der Waals surface area contributed by atoms with Crippen LogP contribution in [0, 0.1) is 5.92 Å². The Morgan fingerprint density at radius 1 is 0.750 bits per heavy atom. The summed E-state index contributed by atoms with van der Waals surface area (Å²) in [4.78, 5) is 23.1. The van der Waals surface area contributed by atoms with E-state index in [1.807, 2.05) is 13.8 Å². The molecule has 4 heteroatoms. The third-order valence-electron chi connectivity index (χ3n) is 4.77. The Morgan fingerprint density at radius 3 is 1.72 bits per heavy atom. The van der Waals surface area contributed by atoms with Crippen LogP contribution in [0.4, 0.5) is 0 Å². The van der Waals surface area contributed by atoms with Crippen LogP contribution in [0.3, 0.4) is 0 Å². The molecule has 0 saturated carbocycles. The van der Waals surface area contributed by atoms with Crippen LogP contribution in [-0.2, 0) is 9.59 Å². The van der Waals surface area contributed by atoms with Crippen molar-refractivity contribution in [3.8, 4) is 0 Å². The van der Waals surface area contributed by atoms with E-state index >= 15 is 0 Å². The number of unbranched alkanes of at least 4 members (excludes halogenated alkanes) is 3. The Bertz CT molecular complexity index is 627. The summed E-state index contributed by atoms with van der Waals surface area (Å²) in [5.74, 6) is -0.877. The summed E-state index contributed by atoms with van der Waals surface area (Å²) in [6.45, 7) is 6.06. The molecule has 0 aromatic rings. The van der Waals surface area contributed by atoms with Crippen LogP contribution in [0.25, 0.3) is 0 Å². The van der Waals surface area contributed by atoms with Crippen molar-refractivity contribution in [3.63, 3.8) is 0 Å². The quantitative estimate of drug-likeness (QED) is 0.162. The number of carbonyl (C=O) groups is 2. The van der Waals surface area contributed by atoms with Crippen LogP contribution in [0.1, 0.15) is 91.4 Å². The Hall–Kier alpha value is -2.36. The highest BCUT2D eigenvalue weighted by molar-refractivity contribution is 5.83. The number of hydrogen-bond acceptors (Lipinski definition) is 2. The lowest BCUT2D eigenvalue weighted by Crippen LogP contribution is -2.41. The molecule has 0 aliphatic rings. The van der Waals surface area contributed by atoms with Crippen LogP contribution in [0.2, 0.25) is 0 Å². The smallest absolute Gasteiger partial charge is 0.326 e. The van der Waals surface area contributed by atoms with Gasteiger partial charge in [0.2, 0.25) is 5.91 Å². The summed E-state index contributed by atoms with van der Waals surface area (Å²) in [5.41, 5.74) is 0. The number of rotatable bonds is 19. The molecule has 0 heterocycles. The lowest BCUT2D eigenvalue weighted by Gasteiger charge is -2.16. The Balaban J connectivity index is 3.67. The first-order valence-corrected chi connectivity index (χ1v) is 12.2. The van der Waals surface area contributed by atoms with Crippen LogP contribution < -0.4 is 5.32 Å². The molecule has 32 heavy (non-hydrogen) atoms. The zero-order chi connectivity index (χ0) is 23.9. The fourth-order valence-corrected chi connectivity index (χ4v) is 3.05. The zero-order valence-electron chi connectivity index (χ0n) is 20.5. The monoisotopic (exact) mass is 443 g/mol.